The Balaban J connectivity index is 0.00000243. The van der Waals surface area contributed by atoms with E-state index >= 15 is 0 Å². The molecule has 1 aromatic rings. The molecule has 146 valence electrons. The van der Waals surface area contributed by atoms with E-state index in [0.29, 0.717) is 31.1 Å². The van der Waals surface area contributed by atoms with Gasteiger partial charge in [-0.25, -0.2) is 8.42 Å². The fourth-order valence-electron chi connectivity index (χ4n) is 3.11. The molecule has 2 unspecified atom stereocenters. The number of rotatable bonds is 5. The van der Waals surface area contributed by atoms with Crippen molar-refractivity contribution in [2.75, 3.05) is 32.7 Å². The first-order chi connectivity index (χ1) is 11.9. The van der Waals surface area contributed by atoms with Crippen molar-refractivity contribution >= 4 is 28.3 Å². The summed E-state index contributed by atoms with van der Waals surface area (Å²) in [7, 11) is -3.65. The van der Waals surface area contributed by atoms with Gasteiger partial charge in [-0.1, -0.05) is 6.07 Å². The molecule has 0 saturated carbocycles. The Hall–Kier alpha value is -1.19. The normalized spacial score (nSPS) is 24.4. The molecular formula is C17H26ClN3O4S. The lowest BCUT2D eigenvalue weighted by atomic mass is 10.0. The molecule has 26 heavy (non-hydrogen) atoms. The Morgan fingerprint density at radius 3 is 2.50 bits per heavy atom. The Morgan fingerprint density at radius 2 is 1.92 bits per heavy atom. The van der Waals surface area contributed by atoms with Crippen molar-refractivity contribution in [3.8, 4) is 0 Å². The monoisotopic (exact) mass is 403 g/mol. The molecule has 3 rings (SSSR count). The van der Waals surface area contributed by atoms with Gasteiger partial charge >= 0.3 is 0 Å². The van der Waals surface area contributed by atoms with Gasteiger partial charge in [0, 0.05) is 44.2 Å². The molecule has 2 saturated heterocycles. The van der Waals surface area contributed by atoms with Gasteiger partial charge in [-0.05, 0) is 32.0 Å². The van der Waals surface area contributed by atoms with Gasteiger partial charge in [0.15, 0.2) is 0 Å². The van der Waals surface area contributed by atoms with E-state index in [2.05, 4.69) is 10.6 Å². The van der Waals surface area contributed by atoms with Gasteiger partial charge in [0.05, 0.1) is 17.1 Å². The summed E-state index contributed by atoms with van der Waals surface area (Å²) < 4.78 is 32.8. The summed E-state index contributed by atoms with van der Waals surface area (Å²) >= 11 is 0. The average Bonchev–Trinajstić information content (AvgIpc) is 2.52. The lowest BCUT2D eigenvalue weighted by molar-refractivity contribution is -0.0440. The van der Waals surface area contributed by atoms with E-state index in [0.717, 1.165) is 13.1 Å². The third-order valence-corrected chi connectivity index (χ3v) is 6.37. The second-order valence-electron chi connectivity index (χ2n) is 6.84. The highest BCUT2D eigenvalue weighted by atomic mass is 35.5. The first-order valence-electron chi connectivity index (χ1n) is 8.61. The first kappa shape index (κ1) is 21.1. The Kier molecular flexibility index (Phi) is 7.04. The maximum atomic E-state index is 12.9. The summed E-state index contributed by atoms with van der Waals surface area (Å²) in [5.74, 6) is 0.208. The van der Waals surface area contributed by atoms with Gasteiger partial charge in [0.25, 0.3) is 5.91 Å². The summed E-state index contributed by atoms with van der Waals surface area (Å²) in [6.45, 7) is 6.76. The molecule has 7 nitrogen and oxygen atoms in total. The Labute approximate surface area is 160 Å². The molecule has 2 aliphatic rings. The average molecular weight is 404 g/mol. The van der Waals surface area contributed by atoms with Crippen molar-refractivity contribution in [3.05, 3.63) is 29.8 Å². The van der Waals surface area contributed by atoms with Crippen LogP contribution in [0.2, 0.25) is 0 Å². The quantitative estimate of drug-likeness (QED) is 0.761. The molecule has 2 aliphatic heterocycles. The molecule has 0 aromatic heterocycles. The summed E-state index contributed by atoms with van der Waals surface area (Å²) in [6, 6.07) is 6.24. The van der Waals surface area contributed by atoms with E-state index in [1.54, 1.807) is 12.1 Å². The Bertz CT molecular complexity index is 729. The molecule has 0 radical (unpaired) electrons. The van der Waals surface area contributed by atoms with Crippen LogP contribution < -0.4 is 10.6 Å². The Morgan fingerprint density at radius 1 is 1.27 bits per heavy atom. The largest absolute Gasteiger partial charge is 0.373 e. The molecular weight excluding hydrogens is 378 g/mol. The van der Waals surface area contributed by atoms with Crippen LogP contribution in [0.25, 0.3) is 0 Å². The molecule has 9 heteroatoms. The van der Waals surface area contributed by atoms with Crippen molar-refractivity contribution in [1.82, 2.24) is 14.9 Å². The van der Waals surface area contributed by atoms with Crippen LogP contribution in [-0.4, -0.2) is 63.6 Å². The van der Waals surface area contributed by atoms with Gasteiger partial charge in [-0.2, -0.15) is 4.31 Å². The molecule has 2 atom stereocenters. The molecule has 0 spiro atoms. The zero-order valence-corrected chi connectivity index (χ0v) is 16.6. The van der Waals surface area contributed by atoms with Crippen LogP contribution in [0.4, 0.5) is 0 Å². The highest BCUT2D eigenvalue weighted by Gasteiger charge is 2.32. The van der Waals surface area contributed by atoms with Crippen LogP contribution in [0.15, 0.2) is 29.2 Å². The van der Waals surface area contributed by atoms with Gasteiger partial charge in [-0.3, -0.25) is 4.79 Å². The van der Waals surface area contributed by atoms with Crippen molar-refractivity contribution < 1.29 is 17.9 Å². The predicted octanol–water partition coefficient (Wildman–Crippen LogP) is 0.856. The number of sulfonamides is 1. The third kappa shape index (κ3) is 4.75. The predicted molar refractivity (Wildman–Crippen MR) is 101 cm³/mol. The van der Waals surface area contributed by atoms with E-state index in [4.69, 9.17) is 4.74 Å². The van der Waals surface area contributed by atoms with E-state index in [9.17, 15) is 13.2 Å². The number of nitrogens with zero attached hydrogens (tertiary/aromatic N) is 1. The number of nitrogens with one attached hydrogen (secondary N) is 2. The fourth-order valence-corrected chi connectivity index (χ4v) is 4.74. The summed E-state index contributed by atoms with van der Waals surface area (Å²) in [4.78, 5) is 12.4. The van der Waals surface area contributed by atoms with Gasteiger partial charge < -0.3 is 15.4 Å². The number of hydrogen-bond acceptors (Lipinski definition) is 5. The number of hydrogen-bond donors (Lipinski definition) is 2. The zero-order chi connectivity index (χ0) is 18.0. The van der Waals surface area contributed by atoms with E-state index in [1.165, 1.54) is 16.4 Å². The standard InChI is InChI=1S/C17H25N3O4S.ClH/c1-12-10-20(11-13(2)24-12)25(22,23)16-5-3-4-15(6-16)17(21)19-9-14-7-18-8-14;/h3-6,12-14,18H,7-11H2,1-2H3,(H,19,21);1H. The molecule has 0 bridgehead atoms. The molecule has 2 N–H and O–H groups in total. The van der Waals surface area contributed by atoms with Crippen molar-refractivity contribution in [3.63, 3.8) is 0 Å². The number of ether oxygens (including phenoxy) is 1. The van der Waals surface area contributed by atoms with Gasteiger partial charge in [0.1, 0.15) is 0 Å². The topological polar surface area (TPSA) is 87.7 Å². The van der Waals surface area contributed by atoms with Gasteiger partial charge in [-0.15, -0.1) is 12.4 Å². The van der Waals surface area contributed by atoms with Gasteiger partial charge in [0.2, 0.25) is 10.0 Å². The SMILES string of the molecule is CC1CN(S(=O)(=O)c2cccc(C(=O)NCC3CNC3)c2)CC(C)O1.Cl. The van der Waals surface area contributed by atoms with E-state index < -0.39 is 10.0 Å². The fraction of sp³-hybridized carbons (Fsp3) is 0.588. The number of morpholine rings is 1. The van der Waals surface area contributed by atoms with Crippen LogP contribution in [0.1, 0.15) is 24.2 Å². The second-order valence-corrected chi connectivity index (χ2v) is 8.78. The molecule has 1 aromatic carbocycles. The summed E-state index contributed by atoms with van der Waals surface area (Å²) in [5.41, 5.74) is 0.364. The van der Waals surface area contributed by atoms with Crippen molar-refractivity contribution in [2.45, 2.75) is 31.0 Å². The molecule has 2 heterocycles. The number of halogens is 1. The third-order valence-electron chi connectivity index (χ3n) is 4.54. The smallest absolute Gasteiger partial charge is 0.251 e. The minimum atomic E-state index is -3.65. The van der Waals surface area contributed by atoms with Crippen LogP contribution in [0.5, 0.6) is 0 Å². The molecule has 2 fully saturated rings. The summed E-state index contributed by atoms with van der Waals surface area (Å²) in [5, 5.41) is 6.02. The minimum absolute atomic E-state index is 0. The van der Waals surface area contributed by atoms with Crippen molar-refractivity contribution in [2.24, 2.45) is 5.92 Å². The highest BCUT2D eigenvalue weighted by molar-refractivity contribution is 7.89. The number of benzene rings is 1. The maximum absolute atomic E-state index is 12.9. The lowest BCUT2D eigenvalue weighted by Gasteiger charge is -2.34. The van der Waals surface area contributed by atoms with E-state index in [1.807, 2.05) is 13.8 Å². The number of carbonyl (C=O) groups excluding carboxylic acids is 1. The van der Waals surface area contributed by atoms with Crippen LogP contribution in [0.3, 0.4) is 0 Å². The van der Waals surface area contributed by atoms with Crippen LogP contribution in [-0.2, 0) is 14.8 Å². The van der Waals surface area contributed by atoms with E-state index in [-0.39, 0.29) is 35.4 Å². The number of carbonyl (C=O) groups is 1. The zero-order valence-electron chi connectivity index (χ0n) is 15.0. The minimum Gasteiger partial charge on any atom is -0.373 e. The first-order valence-corrected chi connectivity index (χ1v) is 10.0. The second kappa shape index (κ2) is 8.67. The van der Waals surface area contributed by atoms with Crippen LogP contribution >= 0.6 is 12.4 Å². The molecule has 1 amide bonds. The van der Waals surface area contributed by atoms with Crippen molar-refractivity contribution in [1.29, 1.82) is 0 Å². The molecule has 0 aliphatic carbocycles. The lowest BCUT2D eigenvalue weighted by Crippen LogP contribution is -2.48. The number of amides is 1. The summed E-state index contributed by atoms with van der Waals surface area (Å²) in [6.07, 6.45) is -0.304. The highest BCUT2D eigenvalue weighted by Crippen LogP contribution is 2.22. The maximum Gasteiger partial charge on any atom is 0.251 e. The van der Waals surface area contributed by atoms with Crippen LogP contribution in [0, 0.1) is 5.92 Å².